The number of rotatable bonds is 4. The number of methoxy groups -OCH3 is 1. The quantitative estimate of drug-likeness (QED) is 0.705. The lowest BCUT2D eigenvalue weighted by atomic mass is 10.1. The molecule has 0 fully saturated rings. The van der Waals surface area contributed by atoms with Crippen molar-refractivity contribution >= 4 is 34.8 Å². The second kappa shape index (κ2) is 6.86. The summed E-state index contributed by atoms with van der Waals surface area (Å²) in [4.78, 5) is 8.72. The Hall–Kier alpha value is -2.30. The zero-order chi connectivity index (χ0) is 16.2. The fourth-order valence-corrected chi connectivity index (χ4v) is 2.51. The van der Waals surface area contributed by atoms with E-state index in [9.17, 15) is 0 Å². The van der Waals surface area contributed by atoms with Gasteiger partial charge in [-0.05, 0) is 48.5 Å². The van der Waals surface area contributed by atoms with Crippen molar-refractivity contribution in [2.75, 3.05) is 12.4 Å². The number of hydrogen-bond donors (Lipinski definition) is 1. The number of benzene rings is 2. The molecule has 1 N–H and O–H groups in total. The average Bonchev–Trinajstić information content (AvgIpc) is 2.58. The van der Waals surface area contributed by atoms with Gasteiger partial charge in [-0.1, -0.05) is 23.2 Å². The van der Waals surface area contributed by atoms with Gasteiger partial charge in [0.1, 0.15) is 5.75 Å². The highest BCUT2D eigenvalue weighted by Gasteiger charge is 2.06. The van der Waals surface area contributed by atoms with Crippen LogP contribution in [0.15, 0.2) is 54.7 Å². The van der Waals surface area contributed by atoms with E-state index in [-0.39, 0.29) is 0 Å². The van der Waals surface area contributed by atoms with Gasteiger partial charge < -0.3 is 10.1 Å². The third kappa shape index (κ3) is 3.73. The van der Waals surface area contributed by atoms with Crippen LogP contribution < -0.4 is 10.1 Å². The number of nitrogens with zero attached hydrogens (tertiary/aromatic N) is 2. The third-order valence-electron chi connectivity index (χ3n) is 3.22. The molecule has 0 saturated carbocycles. The summed E-state index contributed by atoms with van der Waals surface area (Å²) < 4.78 is 5.16. The minimum Gasteiger partial charge on any atom is -0.497 e. The van der Waals surface area contributed by atoms with Gasteiger partial charge in [-0.25, -0.2) is 9.97 Å². The lowest BCUT2D eigenvalue weighted by Gasteiger charge is -2.09. The summed E-state index contributed by atoms with van der Waals surface area (Å²) in [6, 6.07) is 14.7. The first-order valence-electron chi connectivity index (χ1n) is 6.85. The van der Waals surface area contributed by atoms with Crippen molar-refractivity contribution in [2.24, 2.45) is 0 Å². The van der Waals surface area contributed by atoms with E-state index in [1.54, 1.807) is 31.5 Å². The molecule has 0 aliphatic rings. The van der Waals surface area contributed by atoms with Crippen LogP contribution in [0.1, 0.15) is 0 Å². The van der Waals surface area contributed by atoms with Crippen molar-refractivity contribution in [3.05, 3.63) is 64.8 Å². The molecule has 2 aromatic carbocycles. The Morgan fingerprint density at radius 1 is 1.00 bits per heavy atom. The number of anilines is 2. The van der Waals surface area contributed by atoms with Crippen LogP contribution in [0.3, 0.4) is 0 Å². The standard InChI is InChI=1S/C17H13Cl2N3O/c1-23-13-5-2-11(3-6-13)15-8-9-20-17(21-15)22-16-7-4-12(18)10-14(16)19/h2-10H,1H3,(H,20,21,22). The van der Waals surface area contributed by atoms with Crippen molar-refractivity contribution in [1.82, 2.24) is 9.97 Å². The zero-order valence-electron chi connectivity index (χ0n) is 12.3. The van der Waals surface area contributed by atoms with E-state index in [1.165, 1.54) is 0 Å². The van der Waals surface area contributed by atoms with E-state index in [2.05, 4.69) is 15.3 Å². The Morgan fingerprint density at radius 2 is 1.78 bits per heavy atom. The maximum atomic E-state index is 6.15. The minimum absolute atomic E-state index is 0.461. The third-order valence-corrected chi connectivity index (χ3v) is 3.77. The summed E-state index contributed by atoms with van der Waals surface area (Å²) in [7, 11) is 1.64. The number of aromatic nitrogens is 2. The highest BCUT2D eigenvalue weighted by Crippen LogP contribution is 2.28. The van der Waals surface area contributed by atoms with Gasteiger partial charge in [-0.15, -0.1) is 0 Å². The van der Waals surface area contributed by atoms with Gasteiger partial charge in [-0.2, -0.15) is 0 Å². The SMILES string of the molecule is COc1ccc(-c2ccnc(Nc3ccc(Cl)cc3Cl)n2)cc1. The van der Waals surface area contributed by atoms with Crippen molar-refractivity contribution in [1.29, 1.82) is 0 Å². The first kappa shape index (κ1) is 15.6. The summed E-state index contributed by atoms with van der Waals surface area (Å²) in [6.07, 6.45) is 1.69. The van der Waals surface area contributed by atoms with Gasteiger partial charge in [-0.3, -0.25) is 0 Å². The van der Waals surface area contributed by atoms with Crippen molar-refractivity contribution in [2.45, 2.75) is 0 Å². The van der Waals surface area contributed by atoms with E-state index < -0.39 is 0 Å². The predicted molar refractivity (Wildman–Crippen MR) is 93.8 cm³/mol. The summed E-state index contributed by atoms with van der Waals surface area (Å²) in [6.45, 7) is 0. The van der Waals surface area contributed by atoms with Crippen LogP contribution in [-0.2, 0) is 0 Å². The van der Waals surface area contributed by atoms with Crippen molar-refractivity contribution in [3.8, 4) is 17.0 Å². The summed E-state index contributed by atoms with van der Waals surface area (Å²) in [5, 5.41) is 4.18. The monoisotopic (exact) mass is 345 g/mol. The van der Waals surface area contributed by atoms with Gasteiger partial charge in [0.05, 0.1) is 23.5 Å². The van der Waals surface area contributed by atoms with E-state index in [0.29, 0.717) is 21.7 Å². The average molecular weight is 346 g/mol. The molecule has 1 aromatic heterocycles. The minimum atomic E-state index is 0.461. The topological polar surface area (TPSA) is 47.0 Å². The number of nitrogens with one attached hydrogen (secondary N) is 1. The molecule has 0 spiro atoms. The van der Waals surface area contributed by atoms with Gasteiger partial charge in [0.2, 0.25) is 5.95 Å². The Labute approximate surface area is 144 Å². The van der Waals surface area contributed by atoms with Gasteiger partial charge in [0.15, 0.2) is 0 Å². The Bertz CT molecular complexity index is 822. The molecule has 0 unspecified atom stereocenters. The molecule has 0 atom stereocenters. The van der Waals surface area contributed by atoms with Crippen LogP contribution in [0.5, 0.6) is 5.75 Å². The van der Waals surface area contributed by atoms with Gasteiger partial charge >= 0.3 is 0 Å². The molecule has 0 amide bonds. The van der Waals surface area contributed by atoms with E-state index in [0.717, 1.165) is 17.0 Å². The van der Waals surface area contributed by atoms with E-state index >= 15 is 0 Å². The highest BCUT2D eigenvalue weighted by atomic mass is 35.5. The summed E-state index contributed by atoms with van der Waals surface area (Å²) in [5.41, 5.74) is 2.47. The molecule has 116 valence electrons. The van der Waals surface area contributed by atoms with Crippen LogP contribution in [0.4, 0.5) is 11.6 Å². The summed E-state index contributed by atoms with van der Waals surface area (Å²) in [5.74, 6) is 1.26. The van der Waals surface area contributed by atoms with Crippen molar-refractivity contribution < 1.29 is 4.74 Å². The van der Waals surface area contributed by atoms with Crippen LogP contribution >= 0.6 is 23.2 Å². The fraction of sp³-hybridized carbons (Fsp3) is 0.0588. The molecule has 0 radical (unpaired) electrons. The molecular weight excluding hydrogens is 333 g/mol. The largest absolute Gasteiger partial charge is 0.497 e. The normalized spacial score (nSPS) is 10.4. The van der Waals surface area contributed by atoms with Crippen LogP contribution in [0.25, 0.3) is 11.3 Å². The molecule has 3 aromatic rings. The Morgan fingerprint density at radius 3 is 2.48 bits per heavy atom. The van der Waals surface area contributed by atoms with Crippen LogP contribution in [0.2, 0.25) is 10.0 Å². The molecule has 0 bridgehead atoms. The van der Waals surface area contributed by atoms with Crippen molar-refractivity contribution in [3.63, 3.8) is 0 Å². The molecule has 0 aliphatic carbocycles. The van der Waals surface area contributed by atoms with E-state index in [4.69, 9.17) is 27.9 Å². The zero-order valence-corrected chi connectivity index (χ0v) is 13.8. The van der Waals surface area contributed by atoms with Gasteiger partial charge in [0.25, 0.3) is 0 Å². The smallest absolute Gasteiger partial charge is 0.227 e. The highest BCUT2D eigenvalue weighted by molar-refractivity contribution is 6.36. The Balaban J connectivity index is 1.87. The molecule has 0 aliphatic heterocycles. The van der Waals surface area contributed by atoms with E-state index in [1.807, 2.05) is 30.3 Å². The predicted octanol–water partition coefficient (Wildman–Crippen LogP) is 5.20. The lowest BCUT2D eigenvalue weighted by molar-refractivity contribution is 0.415. The van der Waals surface area contributed by atoms with Crippen LogP contribution in [-0.4, -0.2) is 17.1 Å². The van der Waals surface area contributed by atoms with Crippen LogP contribution in [0, 0.1) is 0 Å². The molecule has 6 heteroatoms. The molecule has 0 saturated heterocycles. The first-order valence-corrected chi connectivity index (χ1v) is 7.61. The fourth-order valence-electron chi connectivity index (χ4n) is 2.05. The maximum Gasteiger partial charge on any atom is 0.227 e. The molecule has 23 heavy (non-hydrogen) atoms. The lowest BCUT2D eigenvalue weighted by Crippen LogP contribution is -1.98. The molecule has 1 heterocycles. The second-order valence-corrected chi connectivity index (χ2v) is 5.59. The molecular formula is C17H13Cl2N3O. The first-order chi connectivity index (χ1) is 11.2. The number of ether oxygens (including phenoxy) is 1. The second-order valence-electron chi connectivity index (χ2n) is 4.74. The maximum absolute atomic E-state index is 6.15. The Kier molecular flexibility index (Phi) is 4.65. The summed E-state index contributed by atoms with van der Waals surface area (Å²) >= 11 is 12.0. The number of halogens is 2. The van der Waals surface area contributed by atoms with Gasteiger partial charge in [0, 0.05) is 16.8 Å². The molecule has 3 rings (SSSR count). The molecule has 4 nitrogen and oxygen atoms in total. The number of hydrogen-bond acceptors (Lipinski definition) is 4.